The maximum atomic E-state index is 11.7. The van der Waals surface area contributed by atoms with Crippen LogP contribution >= 0.6 is 11.6 Å². The summed E-state index contributed by atoms with van der Waals surface area (Å²) in [5.74, 6) is -0.290. The zero-order valence-corrected chi connectivity index (χ0v) is 12.8. The molecule has 6 nitrogen and oxygen atoms in total. The molecule has 21 heavy (non-hydrogen) atoms. The summed E-state index contributed by atoms with van der Waals surface area (Å²) >= 11 is 5.94. The van der Waals surface area contributed by atoms with Gasteiger partial charge in [-0.15, -0.1) is 0 Å². The quantitative estimate of drug-likeness (QED) is 0.509. The Kier molecular flexibility index (Phi) is 8.77. The minimum Gasteiger partial charge on any atom is -0.399 e. The van der Waals surface area contributed by atoms with E-state index < -0.39 is 0 Å². The van der Waals surface area contributed by atoms with Gasteiger partial charge in [-0.1, -0.05) is 11.6 Å². The molecule has 1 aromatic carbocycles. The van der Waals surface area contributed by atoms with Crippen LogP contribution in [-0.4, -0.2) is 46.1 Å². The van der Waals surface area contributed by atoms with Crippen LogP contribution in [0.2, 0.25) is 5.02 Å². The second-order valence-corrected chi connectivity index (χ2v) is 4.71. The zero-order chi connectivity index (χ0) is 15.5. The van der Waals surface area contributed by atoms with Gasteiger partial charge in [0.2, 0.25) is 5.91 Å². The highest BCUT2D eigenvalue weighted by molar-refractivity contribution is 6.33. The number of carbonyl (C=O) groups excluding carboxylic acids is 1. The van der Waals surface area contributed by atoms with Gasteiger partial charge in [-0.2, -0.15) is 0 Å². The molecule has 0 bridgehead atoms. The third kappa shape index (κ3) is 7.87. The second kappa shape index (κ2) is 10.4. The van der Waals surface area contributed by atoms with Crippen LogP contribution in [0.3, 0.4) is 0 Å². The molecule has 0 heterocycles. The Morgan fingerprint density at radius 1 is 1.24 bits per heavy atom. The molecule has 0 aromatic heterocycles. The number of amides is 1. The van der Waals surface area contributed by atoms with E-state index in [2.05, 4.69) is 5.32 Å². The molecule has 1 amide bonds. The van der Waals surface area contributed by atoms with Crippen LogP contribution in [0.4, 0.5) is 11.4 Å². The molecular formula is C14H21ClN2O4. The molecule has 0 saturated carbocycles. The van der Waals surface area contributed by atoms with Gasteiger partial charge in [0.05, 0.1) is 23.9 Å². The van der Waals surface area contributed by atoms with Crippen molar-refractivity contribution in [2.45, 2.75) is 6.42 Å². The molecule has 0 spiro atoms. The third-order valence-corrected chi connectivity index (χ3v) is 2.84. The SMILES string of the molecule is COCCCOCCOCC(=O)Nc1cc(N)ccc1Cl. The van der Waals surface area contributed by atoms with E-state index in [0.717, 1.165) is 6.42 Å². The Bertz CT molecular complexity index is 443. The van der Waals surface area contributed by atoms with Crippen molar-refractivity contribution in [2.24, 2.45) is 0 Å². The van der Waals surface area contributed by atoms with E-state index in [-0.39, 0.29) is 12.5 Å². The molecule has 0 atom stereocenters. The lowest BCUT2D eigenvalue weighted by Gasteiger charge is -2.09. The van der Waals surface area contributed by atoms with Crippen LogP contribution in [0.5, 0.6) is 0 Å². The molecule has 7 heteroatoms. The van der Waals surface area contributed by atoms with Gasteiger partial charge in [0.15, 0.2) is 0 Å². The van der Waals surface area contributed by atoms with Gasteiger partial charge in [-0.05, 0) is 24.6 Å². The number of ether oxygens (including phenoxy) is 3. The van der Waals surface area contributed by atoms with Crippen LogP contribution in [0.1, 0.15) is 6.42 Å². The maximum absolute atomic E-state index is 11.7. The third-order valence-electron chi connectivity index (χ3n) is 2.51. The van der Waals surface area contributed by atoms with E-state index >= 15 is 0 Å². The summed E-state index contributed by atoms with van der Waals surface area (Å²) in [6.45, 7) is 2.01. The highest BCUT2D eigenvalue weighted by Crippen LogP contribution is 2.23. The summed E-state index contributed by atoms with van der Waals surface area (Å²) in [5, 5.41) is 3.07. The number of methoxy groups -OCH3 is 1. The summed E-state index contributed by atoms with van der Waals surface area (Å²) in [4.78, 5) is 11.7. The first-order valence-electron chi connectivity index (χ1n) is 6.62. The second-order valence-electron chi connectivity index (χ2n) is 4.30. The first kappa shape index (κ1) is 17.7. The zero-order valence-electron chi connectivity index (χ0n) is 12.1. The molecule has 1 aromatic rings. The predicted molar refractivity (Wildman–Crippen MR) is 82.6 cm³/mol. The summed E-state index contributed by atoms with van der Waals surface area (Å²) in [6.07, 6.45) is 0.838. The van der Waals surface area contributed by atoms with Gasteiger partial charge in [0.25, 0.3) is 0 Å². The van der Waals surface area contributed by atoms with Crippen molar-refractivity contribution in [3.8, 4) is 0 Å². The van der Waals surface area contributed by atoms with Gasteiger partial charge >= 0.3 is 0 Å². The molecule has 0 aliphatic carbocycles. The minimum absolute atomic E-state index is 0.0629. The van der Waals surface area contributed by atoms with Gasteiger partial charge in [-0.3, -0.25) is 4.79 Å². The van der Waals surface area contributed by atoms with Crippen molar-refractivity contribution in [3.05, 3.63) is 23.2 Å². The van der Waals surface area contributed by atoms with E-state index in [0.29, 0.717) is 42.8 Å². The van der Waals surface area contributed by atoms with Crippen LogP contribution < -0.4 is 11.1 Å². The first-order chi connectivity index (χ1) is 10.1. The molecule has 0 aliphatic rings. The van der Waals surface area contributed by atoms with Crippen LogP contribution in [0.15, 0.2) is 18.2 Å². The van der Waals surface area contributed by atoms with Crippen molar-refractivity contribution >= 4 is 28.9 Å². The first-order valence-corrected chi connectivity index (χ1v) is 7.00. The van der Waals surface area contributed by atoms with Crippen molar-refractivity contribution in [1.29, 1.82) is 0 Å². The predicted octanol–water partition coefficient (Wildman–Crippen LogP) is 1.93. The van der Waals surface area contributed by atoms with Gasteiger partial charge in [0.1, 0.15) is 6.61 Å². The number of nitrogens with two attached hydrogens (primary N) is 1. The summed E-state index contributed by atoms with van der Waals surface area (Å²) in [7, 11) is 1.65. The molecule has 0 aliphatic heterocycles. The van der Waals surface area contributed by atoms with Crippen LogP contribution in [0, 0.1) is 0 Å². The Morgan fingerprint density at radius 3 is 2.76 bits per heavy atom. The van der Waals surface area contributed by atoms with E-state index in [1.54, 1.807) is 25.3 Å². The Labute approximate surface area is 129 Å². The fourth-order valence-electron chi connectivity index (χ4n) is 1.52. The average Bonchev–Trinajstić information content (AvgIpc) is 2.46. The fraction of sp³-hybridized carbons (Fsp3) is 0.500. The number of halogens is 1. The number of benzene rings is 1. The summed E-state index contributed by atoms with van der Waals surface area (Å²) in [6, 6.07) is 4.88. The van der Waals surface area contributed by atoms with E-state index in [4.69, 9.17) is 31.5 Å². The monoisotopic (exact) mass is 316 g/mol. The number of hydrogen-bond donors (Lipinski definition) is 2. The van der Waals surface area contributed by atoms with Crippen LogP contribution in [0.25, 0.3) is 0 Å². The maximum Gasteiger partial charge on any atom is 0.250 e. The normalized spacial score (nSPS) is 10.6. The lowest BCUT2D eigenvalue weighted by atomic mass is 10.3. The number of rotatable bonds is 10. The fourth-order valence-corrected chi connectivity index (χ4v) is 1.68. The standard InChI is InChI=1S/C14H21ClN2O4/c1-19-5-2-6-20-7-8-21-10-14(18)17-13-9-11(16)3-4-12(13)15/h3-4,9H,2,5-8,10,16H2,1H3,(H,17,18). The Balaban J connectivity index is 2.13. The Morgan fingerprint density at radius 2 is 2.00 bits per heavy atom. The molecule has 1 rings (SSSR count). The largest absolute Gasteiger partial charge is 0.399 e. The van der Waals surface area contributed by atoms with E-state index in [9.17, 15) is 4.79 Å². The van der Waals surface area contributed by atoms with E-state index in [1.807, 2.05) is 0 Å². The molecule has 0 saturated heterocycles. The lowest BCUT2D eigenvalue weighted by Crippen LogP contribution is -2.20. The topological polar surface area (TPSA) is 82.8 Å². The molecule has 0 unspecified atom stereocenters. The smallest absolute Gasteiger partial charge is 0.250 e. The molecular weight excluding hydrogens is 296 g/mol. The number of hydrogen-bond acceptors (Lipinski definition) is 5. The number of anilines is 2. The van der Waals surface area contributed by atoms with Gasteiger partial charge < -0.3 is 25.3 Å². The lowest BCUT2D eigenvalue weighted by molar-refractivity contribution is -0.121. The number of nitrogens with one attached hydrogen (secondary N) is 1. The molecule has 0 radical (unpaired) electrons. The van der Waals surface area contributed by atoms with Crippen LogP contribution in [-0.2, 0) is 19.0 Å². The highest BCUT2D eigenvalue weighted by Gasteiger charge is 2.06. The Hall–Kier alpha value is -1.34. The molecule has 118 valence electrons. The molecule has 3 N–H and O–H groups in total. The van der Waals surface area contributed by atoms with Crippen molar-refractivity contribution in [1.82, 2.24) is 0 Å². The van der Waals surface area contributed by atoms with Gasteiger partial charge in [0, 0.05) is 26.0 Å². The van der Waals surface area contributed by atoms with Crippen molar-refractivity contribution in [3.63, 3.8) is 0 Å². The summed E-state index contributed by atoms with van der Waals surface area (Å²) < 4.78 is 15.4. The van der Waals surface area contributed by atoms with Gasteiger partial charge in [-0.25, -0.2) is 0 Å². The van der Waals surface area contributed by atoms with Crippen molar-refractivity contribution in [2.75, 3.05) is 51.2 Å². The highest BCUT2D eigenvalue weighted by atomic mass is 35.5. The summed E-state index contributed by atoms with van der Waals surface area (Å²) in [5.41, 5.74) is 6.63. The molecule has 0 fully saturated rings. The minimum atomic E-state index is -0.290. The number of nitrogen functional groups attached to an aromatic ring is 1. The average molecular weight is 317 g/mol. The van der Waals surface area contributed by atoms with Crippen molar-refractivity contribution < 1.29 is 19.0 Å². The van der Waals surface area contributed by atoms with E-state index in [1.165, 1.54) is 0 Å². The number of carbonyl (C=O) groups is 1.